The summed E-state index contributed by atoms with van der Waals surface area (Å²) in [6.07, 6.45) is 13.5. The van der Waals surface area contributed by atoms with Crippen LogP contribution in [0.3, 0.4) is 0 Å². The Morgan fingerprint density at radius 2 is 1.67 bits per heavy atom. The first-order valence-electron chi connectivity index (χ1n) is 8.87. The predicted molar refractivity (Wildman–Crippen MR) is 87.1 cm³/mol. The van der Waals surface area contributed by atoms with Crippen LogP contribution in [0.4, 0.5) is 0 Å². The Bertz CT molecular complexity index is 318. The van der Waals surface area contributed by atoms with Crippen molar-refractivity contribution in [3.8, 4) is 0 Å². The monoisotopic (exact) mass is 295 g/mol. The zero-order valence-corrected chi connectivity index (χ0v) is 13.7. The number of hydrogen-bond donors (Lipinski definition) is 2. The van der Waals surface area contributed by atoms with E-state index >= 15 is 0 Å². The van der Waals surface area contributed by atoms with Crippen molar-refractivity contribution in [3.63, 3.8) is 0 Å². The van der Waals surface area contributed by atoms with Gasteiger partial charge in [0.25, 0.3) is 0 Å². The first kappa shape index (κ1) is 16.8. The number of carbonyl (C=O) groups excluding carboxylic acids is 1. The predicted octanol–water partition coefficient (Wildman–Crippen LogP) is 2.42. The molecule has 0 unspecified atom stereocenters. The van der Waals surface area contributed by atoms with E-state index in [2.05, 4.69) is 17.3 Å². The van der Waals surface area contributed by atoms with Crippen LogP contribution in [0.15, 0.2) is 0 Å². The van der Waals surface area contributed by atoms with E-state index in [-0.39, 0.29) is 11.4 Å². The molecule has 0 aliphatic heterocycles. The maximum Gasteiger partial charge on any atom is 0.234 e. The number of carbonyl (C=O) groups is 1. The Kier molecular flexibility index (Phi) is 6.49. The van der Waals surface area contributed by atoms with Crippen LogP contribution in [-0.2, 0) is 4.79 Å². The van der Waals surface area contributed by atoms with E-state index in [1.807, 2.05) is 0 Å². The average molecular weight is 295 g/mol. The molecule has 21 heavy (non-hydrogen) atoms. The smallest absolute Gasteiger partial charge is 0.234 e. The van der Waals surface area contributed by atoms with Gasteiger partial charge in [0.15, 0.2) is 0 Å². The molecule has 0 radical (unpaired) electrons. The second kappa shape index (κ2) is 8.14. The summed E-state index contributed by atoms with van der Waals surface area (Å²) in [6.45, 7) is 1.16. The zero-order valence-electron chi connectivity index (χ0n) is 13.7. The maximum atomic E-state index is 12.3. The third-order valence-corrected chi connectivity index (χ3v) is 5.58. The lowest BCUT2D eigenvalue weighted by atomic mass is 9.88. The van der Waals surface area contributed by atoms with Gasteiger partial charge in [0.05, 0.1) is 6.54 Å². The fourth-order valence-corrected chi connectivity index (χ4v) is 4.03. The van der Waals surface area contributed by atoms with Crippen LogP contribution < -0.4 is 11.1 Å². The van der Waals surface area contributed by atoms with Crippen molar-refractivity contribution < 1.29 is 4.79 Å². The van der Waals surface area contributed by atoms with Gasteiger partial charge in [-0.2, -0.15) is 0 Å². The first-order chi connectivity index (χ1) is 10.2. The lowest BCUT2D eigenvalue weighted by molar-refractivity contribution is -0.124. The summed E-state index contributed by atoms with van der Waals surface area (Å²) < 4.78 is 0. The Morgan fingerprint density at radius 3 is 2.24 bits per heavy atom. The number of amides is 1. The van der Waals surface area contributed by atoms with Gasteiger partial charge in [0.1, 0.15) is 0 Å². The topological polar surface area (TPSA) is 58.4 Å². The van der Waals surface area contributed by atoms with Gasteiger partial charge in [-0.05, 0) is 32.7 Å². The molecular weight excluding hydrogens is 262 g/mol. The van der Waals surface area contributed by atoms with Crippen molar-refractivity contribution in [1.29, 1.82) is 0 Å². The van der Waals surface area contributed by atoms with Crippen molar-refractivity contribution in [1.82, 2.24) is 10.2 Å². The molecule has 3 N–H and O–H groups in total. The molecule has 0 aromatic rings. The molecule has 2 rings (SSSR count). The lowest BCUT2D eigenvalue weighted by Crippen LogP contribution is -2.55. The molecular formula is C17H33N3O. The lowest BCUT2D eigenvalue weighted by Gasteiger charge is -2.40. The van der Waals surface area contributed by atoms with Crippen LogP contribution >= 0.6 is 0 Å². The average Bonchev–Trinajstić information content (AvgIpc) is 2.74. The second-order valence-electron chi connectivity index (χ2n) is 7.10. The van der Waals surface area contributed by atoms with Crippen LogP contribution in [-0.4, -0.2) is 42.5 Å². The Hall–Kier alpha value is -0.610. The van der Waals surface area contributed by atoms with Gasteiger partial charge in [-0.1, -0.05) is 44.9 Å². The molecule has 2 aliphatic carbocycles. The largest absolute Gasteiger partial charge is 0.352 e. The van der Waals surface area contributed by atoms with Gasteiger partial charge >= 0.3 is 0 Å². The molecule has 0 spiro atoms. The summed E-state index contributed by atoms with van der Waals surface area (Å²) in [7, 11) is 2.08. The van der Waals surface area contributed by atoms with Crippen LogP contribution in [0.2, 0.25) is 0 Å². The summed E-state index contributed by atoms with van der Waals surface area (Å²) in [5, 5.41) is 3.22. The fourth-order valence-electron chi connectivity index (χ4n) is 4.03. The van der Waals surface area contributed by atoms with E-state index in [1.54, 1.807) is 0 Å². The molecule has 0 aromatic heterocycles. The maximum absolute atomic E-state index is 12.3. The highest BCUT2D eigenvalue weighted by molar-refractivity contribution is 5.78. The summed E-state index contributed by atoms with van der Waals surface area (Å²) in [5.74, 6) is 0.182. The molecule has 4 nitrogen and oxygen atoms in total. The van der Waals surface area contributed by atoms with Gasteiger partial charge in [-0.25, -0.2) is 0 Å². The van der Waals surface area contributed by atoms with E-state index in [0.29, 0.717) is 19.1 Å². The Morgan fingerprint density at radius 1 is 1.10 bits per heavy atom. The molecule has 2 aliphatic rings. The molecule has 2 saturated carbocycles. The first-order valence-corrected chi connectivity index (χ1v) is 8.87. The summed E-state index contributed by atoms with van der Waals surface area (Å²) >= 11 is 0. The van der Waals surface area contributed by atoms with Gasteiger partial charge in [-0.15, -0.1) is 0 Å². The molecule has 1 amide bonds. The van der Waals surface area contributed by atoms with Crippen molar-refractivity contribution in [2.24, 2.45) is 5.73 Å². The van der Waals surface area contributed by atoms with Crippen molar-refractivity contribution in [3.05, 3.63) is 0 Å². The van der Waals surface area contributed by atoms with Gasteiger partial charge in [-0.3, -0.25) is 9.69 Å². The SMILES string of the molecule is CN(CC(=O)NC1CCCCC1)C1(CN)CCCCCC1. The molecule has 122 valence electrons. The molecule has 0 saturated heterocycles. The number of likely N-dealkylation sites (N-methyl/N-ethyl adjacent to an activating group) is 1. The quantitative estimate of drug-likeness (QED) is 0.766. The van der Waals surface area contributed by atoms with Gasteiger partial charge in [0.2, 0.25) is 5.91 Å². The van der Waals surface area contributed by atoms with Crippen LogP contribution in [0.1, 0.15) is 70.6 Å². The van der Waals surface area contributed by atoms with Crippen LogP contribution in [0.25, 0.3) is 0 Å². The Balaban J connectivity index is 1.85. The Labute approximate surface area is 129 Å². The standard InChI is InChI=1S/C17H33N3O/c1-20(17(14-18)11-7-2-3-8-12-17)13-16(21)19-15-9-5-4-6-10-15/h15H,2-14,18H2,1H3,(H,19,21). The highest BCUT2D eigenvalue weighted by Gasteiger charge is 2.34. The number of nitrogens with one attached hydrogen (secondary N) is 1. The molecule has 2 fully saturated rings. The minimum absolute atomic E-state index is 0.0421. The van der Waals surface area contributed by atoms with Crippen molar-refractivity contribution in [2.75, 3.05) is 20.1 Å². The van der Waals surface area contributed by atoms with E-state index in [4.69, 9.17) is 5.73 Å². The third-order valence-electron chi connectivity index (χ3n) is 5.58. The molecule has 0 aromatic carbocycles. The van der Waals surface area contributed by atoms with E-state index in [9.17, 15) is 4.79 Å². The molecule has 0 heterocycles. The number of nitrogens with two attached hydrogens (primary N) is 1. The van der Waals surface area contributed by atoms with Gasteiger partial charge in [0, 0.05) is 18.1 Å². The van der Waals surface area contributed by atoms with E-state index in [0.717, 1.165) is 25.7 Å². The summed E-state index contributed by atoms with van der Waals surface area (Å²) in [4.78, 5) is 14.5. The van der Waals surface area contributed by atoms with Crippen molar-refractivity contribution >= 4 is 5.91 Å². The zero-order chi connectivity index (χ0) is 15.1. The number of hydrogen-bond acceptors (Lipinski definition) is 3. The highest BCUT2D eigenvalue weighted by Crippen LogP contribution is 2.30. The third kappa shape index (κ3) is 4.68. The number of rotatable bonds is 5. The summed E-state index contributed by atoms with van der Waals surface area (Å²) in [5.41, 5.74) is 6.14. The summed E-state index contributed by atoms with van der Waals surface area (Å²) in [6, 6.07) is 0.405. The van der Waals surface area contributed by atoms with Crippen LogP contribution in [0, 0.1) is 0 Å². The minimum atomic E-state index is 0.0421. The van der Waals surface area contributed by atoms with Gasteiger partial charge < -0.3 is 11.1 Å². The van der Waals surface area contributed by atoms with E-state index < -0.39 is 0 Å². The minimum Gasteiger partial charge on any atom is -0.352 e. The molecule has 0 bridgehead atoms. The fraction of sp³-hybridized carbons (Fsp3) is 0.941. The second-order valence-corrected chi connectivity index (χ2v) is 7.10. The normalized spacial score (nSPS) is 23.8. The molecule has 0 atom stereocenters. The van der Waals surface area contributed by atoms with Crippen molar-refractivity contribution in [2.45, 2.75) is 82.2 Å². The molecule has 4 heteroatoms. The van der Waals surface area contributed by atoms with E-state index in [1.165, 1.54) is 44.9 Å². The highest BCUT2D eigenvalue weighted by atomic mass is 16.2. The van der Waals surface area contributed by atoms with Crippen LogP contribution in [0.5, 0.6) is 0 Å². The number of nitrogens with zero attached hydrogens (tertiary/aromatic N) is 1.